The van der Waals surface area contributed by atoms with Crippen molar-refractivity contribution < 1.29 is 4.39 Å². The highest BCUT2D eigenvalue weighted by Gasteiger charge is 2.18. The highest BCUT2D eigenvalue weighted by Crippen LogP contribution is 2.29. The molecule has 0 aliphatic carbocycles. The van der Waals surface area contributed by atoms with E-state index in [-0.39, 0.29) is 32.5 Å². The highest BCUT2D eigenvalue weighted by molar-refractivity contribution is 6.37. The van der Waals surface area contributed by atoms with E-state index in [1.165, 1.54) is 23.4 Å². The Morgan fingerprint density at radius 2 is 1.73 bits per heavy atom. The number of anilines is 3. The molecule has 4 aromatic rings. The lowest BCUT2D eigenvalue weighted by Gasteiger charge is -2.36. The number of alkyl halides is 1. The molecule has 0 bridgehead atoms. The summed E-state index contributed by atoms with van der Waals surface area (Å²) >= 11 is 12.6. The fourth-order valence-corrected chi connectivity index (χ4v) is 5.54. The zero-order valence-electron chi connectivity index (χ0n) is 22.6. The first-order chi connectivity index (χ1) is 19.3. The second-order valence-electron chi connectivity index (χ2n) is 10.1. The second kappa shape index (κ2) is 12.5. The van der Waals surface area contributed by atoms with Gasteiger partial charge >= 0.3 is 0 Å². The number of nitrogens with zero attached hydrogens (tertiary/aromatic N) is 6. The van der Waals surface area contributed by atoms with Crippen molar-refractivity contribution in [1.82, 2.24) is 24.3 Å². The van der Waals surface area contributed by atoms with Crippen molar-refractivity contribution in [3.8, 4) is 5.69 Å². The van der Waals surface area contributed by atoms with Crippen LogP contribution in [0.25, 0.3) is 16.6 Å². The number of pyridine rings is 1. The number of rotatable bonds is 9. The maximum absolute atomic E-state index is 14.1. The Labute approximate surface area is 243 Å². The number of para-hydroxylation sites is 1. The molecule has 1 saturated heterocycles. The van der Waals surface area contributed by atoms with E-state index in [1.807, 2.05) is 12.1 Å². The maximum atomic E-state index is 14.1. The molecule has 1 fully saturated rings. The smallest absolute Gasteiger partial charge is 0.266 e. The molecule has 5 rings (SSSR count). The van der Waals surface area contributed by atoms with E-state index in [4.69, 9.17) is 23.2 Å². The summed E-state index contributed by atoms with van der Waals surface area (Å²) < 4.78 is 15.4. The minimum absolute atomic E-state index is 0.174. The van der Waals surface area contributed by atoms with E-state index in [0.717, 1.165) is 50.6 Å². The summed E-state index contributed by atoms with van der Waals surface area (Å²) in [5.41, 5.74) is 2.29. The van der Waals surface area contributed by atoms with E-state index in [9.17, 15) is 9.18 Å². The summed E-state index contributed by atoms with van der Waals surface area (Å²) in [6.45, 7) is 5.51. The molecule has 11 heteroatoms. The van der Waals surface area contributed by atoms with Crippen LogP contribution in [-0.2, 0) is 6.67 Å². The van der Waals surface area contributed by atoms with Crippen molar-refractivity contribution in [2.45, 2.75) is 13.1 Å². The first-order valence-electron chi connectivity index (χ1n) is 13.2. The van der Waals surface area contributed by atoms with Crippen molar-refractivity contribution in [3.05, 3.63) is 80.8 Å². The number of hydrogen-bond acceptors (Lipinski definition) is 7. The molecule has 0 atom stereocenters. The predicted octanol–water partition coefficient (Wildman–Crippen LogP) is 5.37. The van der Waals surface area contributed by atoms with Gasteiger partial charge in [-0.1, -0.05) is 29.3 Å². The summed E-state index contributed by atoms with van der Waals surface area (Å²) in [5.74, 6) is 0.272. The van der Waals surface area contributed by atoms with E-state index in [0.29, 0.717) is 5.69 Å². The lowest BCUT2D eigenvalue weighted by Crippen LogP contribution is -2.46. The van der Waals surface area contributed by atoms with Gasteiger partial charge in [0.25, 0.3) is 5.56 Å². The van der Waals surface area contributed by atoms with Crippen molar-refractivity contribution in [1.29, 1.82) is 0 Å². The van der Waals surface area contributed by atoms with Crippen molar-refractivity contribution in [3.63, 3.8) is 0 Å². The lowest BCUT2D eigenvalue weighted by molar-refractivity contribution is 0.242. The molecule has 2 aromatic carbocycles. The number of benzene rings is 2. The van der Waals surface area contributed by atoms with Crippen molar-refractivity contribution in [2.75, 3.05) is 63.6 Å². The van der Waals surface area contributed by atoms with Gasteiger partial charge in [0.2, 0.25) is 5.95 Å². The quantitative estimate of drug-likeness (QED) is 0.284. The van der Waals surface area contributed by atoms with Crippen LogP contribution in [0.5, 0.6) is 0 Å². The first kappa shape index (κ1) is 28.3. The zero-order chi connectivity index (χ0) is 28.2. The largest absolute Gasteiger partial charge is 0.369 e. The molecule has 8 nitrogen and oxygen atoms in total. The highest BCUT2D eigenvalue weighted by atomic mass is 35.5. The molecule has 2 aromatic heterocycles. The summed E-state index contributed by atoms with van der Waals surface area (Å²) in [7, 11) is 4.22. The molecule has 0 radical (unpaired) electrons. The molecule has 3 heterocycles. The molecule has 40 heavy (non-hydrogen) atoms. The summed E-state index contributed by atoms with van der Waals surface area (Å²) in [6.07, 6.45) is 3.98. The first-order valence-corrected chi connectivity index (χ1v) is 14.0. The van der Waals surface area contributed by atoms with Gasteiger partial charge < -0.3 is 15.1 Å². The Bertz CT molecular complexity index is 1520. The monoisotopic (exact) mass is 583 g/mol. The molecule has 1 N–H and O–H groups in total. The third-order valence-electron chi connectivity index (χ3n) is 7.09. The van der Waals surface area contributed by atoms with Gasteiger partial charge in [-0.05, 0) is 70.0 Å². The molecular weight excluding hydrogens is 552 g/mol. The second-order valence-corrected chi connectivity index (χ2v) is 11.0. The Morgan fingerprint density at radius 3 is 2.38 bits per heavy atom. The Kier molecular flexibility index (Phi) is 8.85. The Balaban J connectivity index is 1.30. The van der Waals surface area contributed by atoms with Crippen molar-refractivity contribution >= 4 is 51.4 Å². The molecule has 0 amide bonds. The van der Waals surface area contributed by atoms with E-state index < -0.39 is 12.2 Å². The average Bonchev–Trinajstić information content (AvgIpc) is 2.95. The van der Waals surface area contributed by atoms with Gasteiger partial charge in [0.1, 0.15) is 6.67 Å². The third-order valence-corrected chi connectivity index (χ3v) is 7.70. The summed E-state index contributed by atoms with van der Waals surface area (Å²) in [5, 5.41) is 3.91. The summed E-state index contributed by atoms with van der Waals surface area (Å²) in [6, 6.07) is 13.0. The van der Waals surface area contributed by atoms with E-state index in [2.05, 4.69) is 56.2 Å². The predicted molar refractivity (Wildman–Crippen MR) is 162 cm³/mol. The molecule has 0 unspecified atom stereocenters. The van der Waals surface area contributed by atoms with Crippen LogP contribution in [0.1, 0.15) is 12.0 Å². The standard InChI is InChI=1S/C29H32Cl2FN7O/c1-36(2)11-4-12-37-13-15-38(16-14-37)22-9-7-21(8-10-22)34-29-33-18-23-26(35-29)20(17-32)19-39(28(23)40)27-24(30)5-3-6-25(27)31/h3,5-10,18-19H,4,11-17H2,1-2H3,(H,33,34,35). The number of nitrogens with one attached hydrogen (secondary N) is 1. The Hall–Kier alpha value is -3.24. The number of hydrogen-bond donors (Lipinski definition) is 1. The van der Waals surface area contributed by atoms with E-state index in [1.54, 1.807) is 18.2 Å². The SMILES string of the molecule is CN(C)CCCN1CCN(c2ccc(Nc3ncc4c(=O)n(-c5c(Cl)cccc5Cl)cc(CF)c4n3)cc2)CC1. The van der Waals surface area contributed by atoms with Crippen LogP contribution in [0.15, 0.2) is 59.7 Å². The molecular formula is C29H32Cl2FN7O. The van der Waals surface area contributed by atoms with Gasteiger partial charge in [0.15, 0.2) is 0 Å². The van der Waals surface area contributed by atoms with Gasteiger partial charge in [-0.2, -0.15) is 0 Å². The van der Waals surface area contributed by atoms with Gasteiger partial charge in [-0.15, -0.1) is 0 Å². The van der Waals surface area contributed by atoms with E-state index >= 15 is 0 Å². The third kappa shape index (κ3) is 6.23. The van der Waals surface area contributed by atoms with Gasteiger partial charge in [0, 0.05) is 55.5 Å². The van der Waals surface area contributed by atoms with Crippen molar-refractivity contribution in [2.24, 2.45) is 0 Å². The fraction of sp³-hybridized carbons (Fsp3) is 0.345. The van der Waals surface area contributed by atoms with Crippen LogP contribution in [0, 0.1) is 0 Å². The zero-order valence-corrected chi connectivity index (χ0v) is 24.1. The summed E-state index contributed by atoms with van der Waals surface area (Å²) in [4.78, 5) is 29.2. The lowest BCUT2D eigenvalue weighted by atomic mass is 10.2. The van der Waals surface area contributed by atoms with Gasteiger partial charge in [0.05, 0.1) is 26.6 Å². The van der Waals surface area contributed by atoms with Crippen LogP contribution >= 0.6 is 23.2 Å². The maximum Gasteiger partial charge on any atom is 0.266 e. The molecule has 0 saturated carbocycles. The van der Waals surface area contributed by atoms with Crippen LogP contribution < -0.4 is 15.8 Å². The van der Waals surface area contributed by atoms with Crippen LogP contribution in [-0.4, -0.2) is 77.7 Å². The Morgan fingerprint density at radius 1 is 1.02 bits per heavy atom. The van der Waals surface area contributed by atoms with Gasteiger partial charge in [-0.25, -0.2) is 14.4 Å². The molecule has 1 aliphatic heterocycles. The minimum Gasteiger partial charge on any atom is -0.369 e. The number of fused-ring (bicyclic) bond motifs is 1. The topological polar surface area (TPSA) is 69.5 Å². The number of halogens is 3. The normalized spacial score (nSPS) is 14.3. The molecule has 0 spiro atoms. The molecule has 210 valence electrons. The van der Waals surface area contributed by atoms with Crippen LogP contribution in [0.4, 0.5) is 21.7 Å². The van der Waals surface area contributed by atoms with Crippen LogP contribution in [0.2, 0.25) is 10.0 Å². The van der Waals surface area contributed by atoms with Crippen LogP contribution in [0.3, 0.4) is 0 Å². The van der Waals surface area contributed by atoms with Gasteiger partial charge in [-0.3, -0.25) is 14.3 Å². The molecule has 1 aliphatic rings. The number of aromatic nitrogens is 3. The number of piperazine rings is 1. The average molecular weight is 585 g/mol. The minimum atomic E-state index is -0.826. The fourth-order valence-electron chi connectivity index (χ4n) is 4.96.